The monoisotopic (exact) mass is 1080 g/mol. The van der Waals surface area contributed by atoms with Crippen LogP contribution >= 0.6 is 0 Å². The fourth-order valence-corrected chi connectivity index (χ4v) is 11.3. The van der Waals surface area contributed by atoms with Crippen molar-refractivity contribution >= 4 is 0 Å². The Morgan fingerprint density at radius 1 is 0.333 bits per heavy atom. The number of hydrogen-bond donors (Lipinski definition) is 9. The molecular weight excluding hydrogens is 1010 g/mol. The molecule has 1 aliphatic rings. The van der Waals surface area contributed by atoms with E-state index in [9.17, 15) is 46.0 Å². The molecule has 0 bridgehead atoms. The minimum Gasteiger partial charge on any atom is -0.508 e. The Bertz CT molecular complexity index is 3480. The summed E-state index contributed by atoms with van der Waals surface area (Å²) < 4.78 is 0. The number of hydrogen-bond acceptors (Lipinski definition) is 9. The second kappa shape index (κ2) is 22.9. The van der Waals surface area contributed by atoms with E-state index < -0.39 is 16.9 Å². The van der Waals surface area contributed by atoms with E-state index in [0.717, 1.165) is 72.3 Å². The van der Waals surface area contributed by atoms with Crippen molar-refractivity contribution in [2.75, 3.05) is 0 Å². The quantitative estimate of drug-likeness (QED) is 0.0401. The number of aliphatic hydroxyl groups is 1. The SMILES string of the molecule is CC1C=C(Cc2cc(C(C)(C)c3ccc(C(C)(c4cc(Cc5ccc(O)cc5)c(O)c(Cc5ccc(O)cc5)c4)c4cc(Cc5ccc(O)cc5)c(O)c(Cc5ccc(O)cc5)c4)cc3)cc(Cc3ccc(O)cc3)c2O)C=CC1O. The van der Waals surface area contributed by atoms with Crippen LogP contribution in [0.15, 0.2) is 206 Å². The van der Waals surface area contributed by atoms with Crippen molar-refractivity contribution in [3.8, 4) is 46.0 Å². The van der Waals surface area contributed by atoms with Crippen molar-refractivity contribution in [2.24, 2.45) is 5.92 Å². The lowest BCUT2D eigenvalue weighted by Gasteiger charge is -2.35. The lowest BCUT2D eigenvalue weighted by atomic mass is 9.68. The molecule has 0 saturated carbocycles. The summed E-state index contributed by atoms with van der Waals surface area (Å²) in [4.78, 5) is 0. The number of rotatable bonds is 17. The van der Waals surface area contributed by atoms with Gasteiger partial charge in [-0.1, -0.05) is 160 Å². The van der Waals surface area contributed by atoms with E-state index in [4.69, 9.17) is 0 Å². The zero-order chi connectivity index (χ0) is 57.2. The van der Waals surface area contributed by atoms with E-state index in [-0.39, 0.29) is 51.9 Å². The van der Waals surface area contributed by atoms with E-state index in [0.29, 0.717) is 60.8 Å². The molecule has 410 valence electrons. The van der Waals surface area contributed by atoms with Gasteiger partial charge in [0.15, 0.2) is 0 Å². The van der Waals surface area contributed by atoms with Crippen LogP contribution in [-0.2, 0) is 49.4 Å². The highest BCUT2D eigenvalue weighted by Crippen LogP contribution is 2.47. The Hall–Kier alpha value is -9.18. The highest BCUT2D eigenvalue weighted by molar-refractivity contribution is 5.61. The van der Waals surface area contributed by atoms with Crippen molar-refractivity contribution in [1.29, 1.82) is 0 Å². The van der Waals surface area contributed by atoms with E-state index in [1.54, 1.807) is 66.7 Å². The van der Waals surface area contributed by atoms with Crippen LogP contribution < -0.4 is 0 Å². The topological polar surface area (TPSA) is 182 Å². The van der Waals surface area contributed by atoms with Gasteiger partial charge in [0.1, 0.15) is 46.0 Å². The molecule has 0 spiro atoms. The van der Waals surface area contributed by atoms with Crippen LogP contribution in [0.5, 0.6) is 46.0 Å². The van der Waals surface area contributed by atoms with Crippen LogP contribution in [0.4, 0.5) is 0 Å². The van der Waals surface area contributed by atoms with Gasteiger partial charge in [0.2, 0.25) is 0 Å². The second-order valence-electron chi connectivity index (χ2n) is 22.6. The largest absolute Gasteiger partial charge is 0.508 e. The van der Waals surface area contributed by atoms with Crippen LogP contribution in [0.1, 0.15) is 117 Å². The number of aromatic hydroxyl groups is 8. The van der Waals surface area contributed by atoms with Crippen LogP contribution in [0.3, 0.4) is 0 Å². The Balaban J connectivity index is 1.15. The molecule has 0 saturated heterocycles. The third kappa shape index (κ3) is 12.2. The first kappa shape index (κ1) is 55.1. The third-order valence-corrected chi connectivity index (χ3v) is 16.4. The Morgan fingerprint density at radius 3 is 0.901 bits per heavy atom. The van der Waals surface area contributed by atoms with Crippen LogP contribution in [-0.4, -0.2) is 52.1 Å². The summed E-state index contributed by atoms with van der Waals surface area (Å²) in [7, 11) is 0. The van der Waals surface area contributed by atoms with Crippen LogP contribution in [0.2, 0.25) is 0 Å². The van der Waals surface area contributed by atoms with E-state index in [1.807, 2.05) is 73.7 Å². The molecule has 0 fully saturated rings. The molecule has 9 aromatic carbocycles. The van der Waals surface area contributed by atoms with Crippen molar-refractivity contribution in [2.45, 2.75) is 83.2 Å². The minimum atomic E-state index is -0.986. The van der Waals surface area contributed by atoms with E-state index >= 15 is 0 Å². The fraction of sp³-hybridized carbons (Fsp3) is 0.194. The predicted octanol–water partition coefficient (Wildman–Crippen LogP) is 14.0. The maximum atomic E-state index is 12.3. The number of benzene rings is 9. The first-order valence-corrected chi connectivity index (χ1v) is 27.4. The summed E-state index contributed by atoms with van der Waals surface area (Å²) in [6.45, 7) is 8.50. The molecular formula is C72H68O9. The van der Waals surface area contributed by atoms with E-state index in [2.05, 4.69) is 87.5 Å². The summed E-state index contributed by atoms with van der Waals surface area (Å²) in [6.07, 6.45) is 7.46. The first-order chi connectivity index (χ1) is 38.8. The number of aliphatic hydroxyl groups excluding tert-OH is 1. The molecule has 0 amide bonds. The molecule has 9 aromatic rings. The average Bonchev–Trinajstić information content (AvgIpc) is 3.39. The van der Waals surface area contributed by atoms with Crippen molar-refractivity contribution in [3.05, 3.63) is 295 Å². The van der Waals surface area contributed by atoms with Gasteiger partial charge in [-0.25, -0.2) is 0 Å². The Labute approximate surface area is 473 Å². The van der Waals surface area contributed by atoms with Gasteiger partial charge >= 0.3 is 0 Å². The maximum Gasteiger partial charge on any atom is 0.122 e. The lowest BCUT2D eigenvalue weighted by Crippen LogP contribution is -2.27. The summed E-state index contributed by atoms with van der Waals surface area (Å²) in [5.41, 5.74) is 12.7. The van der Waals surface area contributed by atoms with Gasteiger partial charge in [0.05, 0.1) is 6.10 Å². The standard InChI is InChI=1S/C72H68O9/c1-44-31-50(15-30-67(44)78)37-56-39-59(38-51(68(56)79)32-45-5-20-62(73)21-6-45)71(2,3)57-16-18-58(19-17-57)72(4,60-40-52(33-46-7-22-63(74)23-8-46)69(80)53(41-60)34-47-9-24-64(75)25-10-47)61-42-54(35-48-11-26-65(76)27-12-48)70(81)55(43-61)36-49-13-28-66(77)29-14-49/h5-31,38-44,67,73-81H,32-37H2,1-4H3. The third-order valence-electron chi connectivity index (χ3n) is 16.4. The number of allylic oxidation sites excluding steroid dienone is 2. The summed E-state index contributed by atoms with van der Waals surface area (Å²) in [6, 6.07) is 55.8. The average molecular weight is 1080 g/mol. The molecule has 9 N–H and O–H groups in total. The zero-order valence-corrected chi connectivity index (χ0v) is 46.0. The lowest BCUT2D eigenvalue weighted by molar-refractivity contribution is 0.183. The number of phenols is 8. The smallest absolute Gasteiger partial charge is 0.122 e. The van der Waals surface area contributed by atoms with Gasteiger partial charge in [-0.15, -0.1) is 0 Å². The van der Waals surface area contributed by atoms with Crippen molar-refractivity contribution in [1.82, 2.24) is 0 Å². The van der Waals surface area contributed by atoms with Crippen LogP contribution in [0, 0.1) is 5.92 Å². The van der Waals surface area contributed by atoms with Crippen molar-refractivity contribution < 1.29 is 46.0 Å². The normalized spacial score (nSPS) is 14.5. The Morgan fingerprint density at radius 2 is 0.605 bits per heavy atom. The molecule has 0 radical (unpaired) electrons. The molecule has 81 heavy (non-hydrogen) atoms. The summed E-state index contributed by atoms with van der Waals surface area (Å²) >= 11 is 0. The van der Waals surface area contributed by atoms with Gasteiger partial charge in [0.25, 0.3) is 0 Å². The molecule has 1 aliphatic carbocycles. The maximum absolute atomic E-state index is 12.3. The van der Waals surface area contributed by atoms with Gasteiger partial charge in [-0.3, -0.25) is 0 Å². The van der Waals surface area contributed by atoms with Gasteiger partial charge in [-0.2, -0.15) is 0 Å². The molecule has 9 heteroatoms. The summed E-state index contributed by atoms with van der Waals surface area (Å²) in [5, 5.41) is 98.3. The van der Waals surface area contributed by atoms with E-state index in [1.165, 1.54) is 0 Å². The summed E-state index contributed by atoms with van der Waals surface area (Å²) in [5.74, 6) is 1.08. The highest BCUT2D eigenvalue weighted by atomic mass is 16.3. The number of phenolic OH excluding ortho intramolecular Hbond substituents is 8. The zero-order valence-electron chi connectivity index (χ0n) is 46.0. The molecule has 0 aliphatic heterocycles. The predicted molar refractivity (Wildman–Crippen MR) is 319 cm³/mol. The molecule has 2 atom stereocenters. The van der Waals surface area contributed by atoms with Crippen LogP contribution in [0.25, 0.3) is 0 Å². The minimum absolute atomic E-state index is 0.0796. The fourth-order valence-electron chi connectivity index (χ4n) is 11.3. The molecule has 0 heterocycles. The Kier molecular flexibility index (Phi) is 15.6. The molecule has 10 rings (SSSR count). The highest BCUT2D eigenvalue weighted by Gasteiger charge is 2.36. The molecule has 2 unspecified atom stereocenters. The first-order valence-electron chi connectivity index (χ1n) is 27.4. The van der Waals surface area contributed by atoms with Gasteiger partial charge in [0, 0.05) is 55.3 Å². The molecule has 0 aromatic heterocycles. The van der Waals surface area contributed by atoms with Crippen molar-refractivity contribution in [3.63, 3.8) is 0 Å². The molecule has 9 nitrogen and oxygen atoms in total. The second-order valence-corrected chi connectivity index (χ2v) is 22.6. The van der Waals surface area contributed by atoms with Gasteiger partial charge < -0.3 is 46.0 Å². The van der Waals surface area contributed by atoms with Gasteiger partial charge in [-0.05, 0) is 162 Å².